The average Bonchev–Trinajstić information content (AvgIpc) is 2.41. The van der Waals surface area contributed by atoms with E-state index in [2.05, 4.69) is 6.92 Å². The minimum atomic E-state index is 0.205. The van der Waals surface area contributed by atoms with Crippen molar-refractivity contribution in [2.75, 3.05) is 13.1 Å². The molecule has 0 aromatic carbocycles. The zero-order chi connectivity index (χ0) is 13.9. The zero-order valence-electron chi connectivity index (χ0n) is 12.7. The monoisotopic (exact) mass is 268 g/mol. The van der Waals surface area contributed by atoms with Gasteiger partial charge in [-0.2, -0.15) is 0 Å². The number of nitrogens with two attached hydrogens (primary N) is 1. The van der Waals surface area contributed by atoms with Gasteiger partial charge >= 0.3 is 0 Å². The maximum Gasteiger partial charge on any atom is 0.222 e. The normalized spacial score (nSPS) is 19.7. The second kappa shape index (κ2) is 10.2. The second-order valence-electron chi connectivity index (χ2n) is 5.97. The van der Waals surface area contributed by atoms with Crippen molar-refractivity contribution in [1.82, 2.24) is 4.90 Å². The number of nitrogens with zero attached hydrogens (tertiary/aromatic N) is 1. The molecule has 1 aliphatic heterocycles. The molecule has 0 unspecified atom stereocenters. The van der Waals surface area contributed by atoms with Crippen LogP contribution in [0.4, 0.5) is 0 Å². The van der Waals surface area contributed by atoms with Gasteiger partial charge in [-0.25, -0.2) is 0 Å². The lowest BCUT2D eigenvalue weighted by molar-refractivity contribution is -0.132. The summed E-state index contributed by atoms with van der Waals surface area (Å²) in [5.74, 6) is 0.320. The van der Waals surface area contributed by atoms with Gasteiger partial charge in [-0.3, -0.25) is 4.79 Å². The lowest BCUT2D eigenvalue weighted by Crippen LogP contribution is -2.45. The summed E-state index contributed by atoms with van der Waals surface area (Å²) >= 11 is 0. The van der Waals surface area contributed by atoms with E-state index in [1.54, 1.807) is 0 Å². The summed E-state index contributed by atoms with van der Waals surface area (Å²) < 4.78 is 0. The maximum atomic E-state index is 12.0. The lowest BCUT2D eigenvalue weighted by Gasteiger charge is -2.30. The first-order valence-corrected chi connectivity index (χ1v) is 8.27. The van der Waals surface area contributed by atoms with Crippen LogP contribution >= 0.6 is 0 Å². The highest BCUT2D eigenvalue weighted by Gasteiger charge is 2.20. The third kappa shape index (κ3) is 7.56. The van der Waals surface area contributed by atoms with Crippen LogP contribution in [0.2, 0.25) is 0 Å². The van der Waals surface area contributed by atoms with Crippen LogP contribution in [0, 0.1) is 0 Å². The maximum absolute atomic E-state index is 12.0. The number of unbranched alkanes of at least 4 members (excludes halogenated alkanes) is 7. The molecule has 1 saturated heterocycles. The van der Waals surface area contributed by atoms with E-state index < -0.39 is 0 Å². The Morgan fingerprint density at radius 2 is 1.74 bits per heavy atom. The molecule has 1 atom stereocenters. The quantitative estimate of drug-likeness (QED) is 0.651. The van der Waals surface area contributed by atoms with Crippen molar-refractivity contribution in [3.05, 3.63) is 0 Å². The molecule has 1 fully saturated rings. The van der Waals surface area contributed by atoms with Crippen LogP contribution in [-0.2, 0) is 4.79 Å². The van der Waals surface area contributed by atoms with Crippen LogP contribution in [0.15, 0.2) is 0 Å². The van der Waals surface area contributed by atoms with E-state index in [0.29, 0.717) is 5.91 Å². The van der Waals surface area contributed by atoms with Gasteiger partial charge in [0.25, 0.3) is 0 Å². The Balaban J connectivity index is 1.95. The van der Waals surface area contributed by atoms with Crippen molar-refractivity contribution in [1.29, 1.82) is 0 Å². The van der Waals surface area contributed by atoms with Crippen molar-refractivity contribution < 1.29 is 4.79 Å². The number of rotatable bonds is 9. The Morgan fingerprint density at radius 3 is 2.37 bits per heavy atom. The van der Waals surface area contributed by atoms with Gasteiger partial charge in [0.05, 0.1) is 0 Å². The summed E-state index contributed by atoms with van der Waals surface area (Å²) in [7, 11) is 0. The summed E-state index contributed by atoms with van der Waals surface area (Å²) in [5, 5.41) is 0. The molecule has 1 aliphatic rings. The van der Waals surface area contributed by atoms with E-state index in [9.17, 15) is 4.79 Å². The van der Waals surface area contributed by atoms with Crippen molar-refractivity contribution in [2.24, 2.45) is 5.73 Å². The highest BCUT2D eigenvalue weighted by Crippen LogP contribution is 2.13. The minimum absolute atomic E-state index is 0.205. The molecule has 0 spiro atoms. The highest BCUT2D eigenvalue weighted by molar-refractivity contribution is 5.76. The molecule has 0 radical (unpaired) electrons. The SMILES string of the molecule is CCCCCCCCCCC(=O)N1CCC[C@@H](N)C1. The lowest BCUT2D eigenvalue weighted by atomic mass is 10.0. The number of carbonyl (C=O) groups excluding carboxylic acids is 1. The Morgan fingerprint density at radius 1 is 1.11 bits per heavy atom. The van der Waals surface area contributed by atoms with Crippen molar-refractivity contribution in [3.63, 3.8) is 0 Å². The Kier molecular flexibility index (Phi) is 8.89. The van der Waals surface area contributed by atoms with Crippen LogP contribution in [0.5, 0.6) is 0 Å². The molecule has 0 saturated carbocycles. The summed E-state index contributed by atoms with van der Waals surface area (Å²) in [6.07, 6.45) is 13.2. The highest BCUT2D eigenvalue weighted by atomic mass is 16.2. The van der Waals surface area contributed by atoms with Gasteiger partial charge in [-0.15, -0.1) is 0 Å². The fourth-order valence-electron chi connectivity index (χ4n) is 2.80. The largest absolute Gasteiger partial charge is 0.341 e. The van der Waals surface area contributed by atoms with Gasteiger partial charge in [0.1, 0.15) is 0 Å². The third-order valence-corrected chi connectivity index (χ3v) is 4.05. The molecule has 0 aliphatic carbocycles. The molecule has 3 nitrogen and oxygen atoms in total. The molecule has 1 rings (SSSR count). The topological polar surface area (TPSA) is 46.3 Å². The first kappa shape index (κ1) is 16.5. The number of carbonyl (C=O) groups is 1. The molecule has 3 heteroatoms. The van der Waals surface area contributed by atoms with Crippen LogP contribution < -0.4 is 5.73 Å². The fraction of sp³-hybridized carbons (Fsp3) is 0.938. The molecule has 0 aromatic rings. The van der Waals surface area contributed by atoms with E-state index >= 15 is 0 Å². The molecule has 0 bridgehead atoms. The van der Waals surface area contributed by atoms with E-state index in [0.717, 1.165) is 38.8 Å². The van der Waals surface area contributed by atoms with Gasteiger partial charge in [-0.1, -0.05) is 51.9 Å². The minimum Gasteiger partial charge on any atom is -0.341 e. The molecular weight excluding hydrogens is 236 g/mol. The summed E-state index contributed by atoms with van der Waals surface area (Å²) in [6, 6.07) is 0.205. The van der Waals surface area contributed by atoms with E-state index in [1.807, 2.05) is 4.90 Å². The van der Waals surface area contributed by atoms with Crippen LogP contribution in [0.3, 0.4) is 0 Å². The number of hydrogen-bond donors (Lipinski definition) is 1. The van der Waals surface area contributed by atoms with E-state index in [1.165, 1.54) is 44.9 Å². The van der Waals surface area contributed by atoms with Gasteiger partial charge in [-0.05, 0) is 19.3 Å². The average molecular weight is 268 g/mol. The number of likely N-dealkylation sites (tertiary alicyclic amines) is 1. The fourth-order valence-corrected chi connectivity index (χ4v) is 2.80. The molecule has 19 heavy (non-hydrogen) atoms. The number of hydrogen-bond acceptors (Lipinski definition) is 2. The van der Waals surface area contributed by atoms with E-state index in [-0.39, 0.29) is 6.04 Å². The predicted octanol–water partition coefficient (Wildman–Crippen LogP) is 3.47. The van der Waals surface area contributed by atoms with Crippen LogP contribution in [0.25, 0.3) is 0 Å². The van der Waals surface area contributed by atoms with Gasteiger partial charge in [0.2, 0.25) is 5.91 Å². The Bertz CT molecular complexity index is 243. The van der Waals surface area contributed by atoms with Gasteiger partial charge < -0.3 is 10.6 Å². The summed E-state index contributed by atoms with van der Waals surface area (Å²) in [5.41, 5.74) is 5.90. The van der Waals surface area contributed by atoms with Crippen LogP contribution in [0.1, 0.15) is 77.6 Å². The first-order valence-electron chi connectivity index (χ1n) is 8.27. The van der Waals surface area contributed by atoms with Crippen molar-refractivity contribution in [3.8, 4) is 0 Å². The molecule has 0 aromatic heterocycles. The first-order chi connectivity index (χ1) is 9.24. The molecule has 2 N–H and O–H groups in total. The van der Waals surface area contributed by atoms with Crippen molar-refractivity contribution in [2.45, 2.75) is 83.6 Å². The van der Waals surface area contributed by atoms with Crippen LogP contribution in [-0.4, -0.2) is 29.9 Å². The summed E-state index contributed by atoms with van der Waals surface area (Å²) in [6.45, 7) is 3.94. The molecule has 1 heterocycles. The molecule has 112 valence electrons. The van der Waals surface area contributed by atoms with Gasteiger partial charge in [0.15, 0.2) is 0 Å². The van der Waals surface area contributed by atoms with Gasteiger partial charge in [0, 0.05) is 25.6 Å². The molecule has 1 amide bonds. The molecular formula is C16H32N2O. The Hall–Kier alpha value is -0.570. The standard InChI is InChI=1S/C16H32N2O/c1-2-3-4-5-6-7-8-9-12-16(19)18-13-10-11-15(17)14-18/h15H,2-14,17H2,1H3/t15-/m1/s1. The van der Waals surface area contributed by atoms with E-state index in [4.69, 9.17) is 5.73 Å². The third-order valence-electron chi connectivity index (χ3n) is 4.05. The number of amides is 1. The predicted molar refractivity (Wildman–Crippen MR) is 81.0 cm³/mol. The second-order valence-corrected chi connectivity index (χ2v) is 5.97. The Labute approximate surface area is 118 Å². The van der Waals surface area contributed by atoms with Crippen molar-refractivity contribution >= 4 is 5.91 Å². The smallest absolute Gasteiger partial charge is 0.222 e. The summed E-state index contributed by atoms with van der Waals surface area (Å²) in [4.78, 5) is 14.0. The zero-order valence-corrected chi connectivity index (χ0v) is 12.7. The number of piperidine rings is 1.